The fourth-order valence-electron chi connectivity index (χ4n) is 3.72. The minimum Gasteiger partial charge on any atom is -0.345 e. The molecule has 0 aliphatic rings. The van der Waals surface area contributed by atoms with Crippen LogP contribution in [0.4, 0.5) is 5.69 Å². The summed E-state index contributed by atoms with van der Waals surface area (Å²) in [5, 5.41) is 4.30. The zero-order valence-electron chi connectivity index (χ0n) is 18.4. The number of benzene rings is 2. The van der Waals surface area contributed by atoms with Gasteiger partial charge < -0.3 is 14.8 Å². The van der Waals surface area contributed by atoms with Crippen LogP contribution in [0.1, 0.15) is 48.4 Å². The van der Waals surface area contributed by atoms with Crippen LogP contribution in [0.2, 0.25) is 0 Å². The van der Waals surface area contributed by atoms with E-state index in [0.717, 1.165) is 36.9 Å². The van der Waals surface area contributed by atoms with E-state index >= 15 is 0 Å². The number of rotatable bonds is 8. The Balaban J connectivity index is 1.75. The first-order valence-electron chi connectivity index (χ1n) is 10.6. The lowest BCUT2D eigenvalue weighted by Gasteiger charge is -2.28. The van der Waals surface area contributed by atoms with Crippen molar-refractivity contribution in [3.05, 3.63) is 83.4 Å². The molecule has 30 heavy (non-hydrogen) atoms. The van der Waals surface area contributed by atoms with Gasteiger partial charge in [0, 0.05) is 37.7 Å². The SMILES string of the molecule is Cc1ccccc1CN(CCCn1ccnc1)C(=S)Nc1cccc(C(C)C)c1C. The van der Waals surface area contributed by atoms with Gasteiger partial charge in [0.2, 0.25) is 0 Å². The van der Waals surface area contributed by atoms with E-state index in [-0.39, 0.29) is 0 Å². The first kappa shape index (κ1) is 22.0. The number of imidazole rings is 1. The lowest BCUT2D eigenvalue weighted by atomic mass is 9.97. The number of nitrogens with zero attached hydrogens (tertiary/aromatic N) is 3. The highest BCUT2D eigenvalue weighted by molar-refractivity contribution is 7.80. The molecule has 5 heteroatoms. The van der Waals surface area contributed by atoms with E-state index in [2.05, 4.69) is 89.9 Å². The molecule has 0 fully saturated rings. The van der Waals surface area contributed by atoms with Crippen molar-refractivity contribution >= 4 is 23.0 Å². The third-order valence-electron chi connectivity index (χ3n) is 5.55. The lowest BCUT2D eigenvalue weighted by molar-refractivity contribution is 0.395. The summed E-state index contributed by atoms with van der Waals surface area (Å²) in [7, 11) is 0. The highest BCUT2D eigenvalue weighted by atomic mass is 32.1. The topological polar surface area (TPSA) is 33.1 Å². The smallest absolute Gasteiger partial charge is 0.173 e. The molecule has 2 aromatic carbocycles. The van der Waals surface area contributed by atoms with Crippen molar-refractivity contribution in [1.29, 1.82) is 0 Å². The van der Waals surface area contributed by atoms with Crippen molar-refractivity contribution in [3.63, 3.8) is 0 Å². The number of aryl methyl sites for hydroxylation is 2. The molecule has 1 aromatic heterocycles. The molecule has 0 atom stereocenters. The van der Waals surface area contributed by atoms with Crippen LogP contribution in [-0.4, -0.2) is 26.1 Å². The Morgan fingerprint density at radius 1 is 1.13 bits per heavy atom. The van der Waals surface area contributed by atoms with Crippen molar-refractivity contribution in [2.45, 2.75) is 53.1 Å². The Morgan fingerprint density at radius 3 is 2.63 bits per heavy atom. The zero-order chi connectivity index (χ0) is 21.5. The first-order valence-corrected chi connectivity index (χ1v) is 11.0. The van der Waals surface area contributed by atoms with Crippen molar-refractivity contribution in [1.82, 2.24) is 14.5 Å². The van der Waals surface area contributed by atoms with E-state index in [1.54, 1.807) is 0 Å². The minimum absolute atomic E-state index is 0.485. The summed E-state index contributed by atoms with van der Waals surface area (Å²) in [5.74, 6) is 0.485. The number of hydrogen-bond donors (Lipinski definition) is 1. The maximum atomic E-state index is 5.88. The van der Waals surface area contributed by atoms with E-state index in [4.69, 9.17) is 12.2 Å². The maximum Gasteiger partial charge on any atom is 0.173 e. The molecule has 1 heterocycles. The molecule has 0 saturated carbocycles. The van der Waals surface area contributed by atoms with Crippen LogP contribution in [0, 0.1) is 13.8 Å². The van der Waals surface area contributed by atoms with E-state index < -0.39 is 0 Å². The van der Waals surface area contributed by atoms with Crippen LogP contribution in [0.25, 0.3) is 0 Å². The molecular formula is C25H32N4S. The van der Waals surface area contributed by atoms with Gasteiger partial charge >= 0.3 is 0 Å². The average molecular weight is 421 g/mol. The second-order valence-corrected chi connectivity index (χ2v) is 8.49. The number of anilines is 1. The van der Waals surface area contributed by atoms with E-state index in [1.165, 1.54) is 22.3 Å². The Kier molecular flexibility index (Phi) is 7.63. The van der Waals surface area contributed by atoms with Crippen molar-refractivity contribution in [2.24, 2.45) is 0 Å². The molecule has 0 aliphatic heterocycles. The molecule has 1 N–H and O–H groups in total. The Bertz CT molecular complexity index is 963. The number of aromatic nitrogens is 2. The third kappa shape index (κ3) is 5.70. The fraction of sp³-hybridized carbons (Fsp3) is 0.360. The minimum atomic E-state index is 0.485. The standard InChI is InChI=1S/C25H32N4S/c1-19(2)23-11-7-12-24(21(23)4)27-25(30)29(15-8-14-28-16-13-26-18-28)17-22-10-6-5-9-20(22)3/h5-7,9-13,16,18-19H,8,14-15,17H2,1-4H3,(H,27,30). The van der Waals surface area contributed by atoms with Crippen molar-refractivity contribution < 1.29 is 0 Å². The summed E-state index contributed by atoms with van der Waals surface area (Å²) < 4.78 is 2.11. The summed E-state index contributed by atoms with van der Waals surface area (Å²) in [4.78, 5) is 6.41. The predicted molar refractivity (Wildman–Crippen MR) is 130 cm³/mol. The molecule has 0 aliphatic carbocycles. The molecular weight excluding hydrogens is 388 g/mol. The summed E-state index contributed by atoms with van der Waals surface area (Å²) in [5.41, 5.74) is 6.31. The average Bonchev–Trinajstić information content (AvgIpc) is 3.23. The molecule has 0 amide bonds. The van der Waals surface area contributed by atoms with Gasteiger partial charge in [0.05, 0.1) is 6.33 Å². The summed E-state index contributed by atoms with van der Waals surface area (Å²) in [6, 6.07) is 14.9. The van der Waals surface area contributed by atoms with Gasteiger partial charge in [-0.1, -0.05) is 50.2 Å². The highest BCUT2D eigenvalue weighted by Crippen LogP contribution is 2.25. The van der Waals surface area contributed by atoms with Gasteiger partial charge in [0.15, 0.2) is 5.11 Å². The molecule has 158 valence electrons. The monoisotopic (exact) mass is 420 g/mol. The normalized spacial score (nSPS) is 11.0. The second-order valence-electron chi connectivity index (χ2n) is 8.11. The quantitative estimate of drug-likeness (QED) is 0.459. The van der Waals surface area contributed by atoms with Gasteiger partial charge in [0.25, 0.3) is 0 Å². The van der Waals surface area contributed by atoms with Gasteiger partial charge in [-0.15, -0.1) is 0 Å². The molecule has 0 spiro atoms. The van der Waals surface area contributed by atoms with Crippen LogP contribution < -0.4 is 5.32 Å². The van der Waals surface area contributed by atoms with Gasteiger partial charge in [-0.3, -0.25) is 0 Å². The van der Waals surface area contributed by atoms with Gasteiger partial charge in [-0.05, 0) is 66.7 Å². The molecule has 0 radical (unpaired) electrons. The number of thiocarbonyl (C=S) groups is 1. The van der Waals surface area contributed by atoms with E-state index in [1.807, 2.05) is 18.7 Å². The summed E-state index contributed by atoms with van der Waals surface area (Å²) >= 11 is 5.88. The molecule has 0 unspecified atom stereocenters. The molecule has 3 rings (SSSR count). The van der Waals surface area contributed by atoms with Crippen LogP contribution in [0.5, 0.6) is 0 Å². The third-order valence-corrected chi connectivity index (χ3v) is 5.91. The van der Waals surface area contributed by atoms with Crippen molar-refractivity contribution in [3.8, 4) is 0 Å². The number of hydrogen-bond acceptors (Lipinski definition) is 2. The highest BCUT2D eigenvalue weighted by Gasteiger charge is 2.14. The fourth-order valence-corrected chi connectivity index (χ4v) is 3.98. The second kappa shape index (κ2) is 10.4. The summed E-state index contributed by atoms with van der Waals surface area (Å²) in [6.45, 7) is 11.4. The maximum absolute atomic E-state index is 5.88. The molecule has 3 aromatic rings. The van der Waals surface area contributed by atoms with Crippen LogP contribution in [0.15, 0.2) is 61.2 Å². The molecule has 0 bridgehead atoms. The molecule has 0 saturated heterocycles. The van der Waals surface area contributed by atoms with Gasteiger partial charge in [-0.2, -0.15) is 0 Å². The van der Waals surface area contributed by atoms with E-state index in [0.29, 0.717) is 5.92 Å². The van der Waals surface area contributed by atoms with E-state index in [9.17, 15) is 0 Å². The van der Waals surface area contributed by atoms with Gasteiger partial charge in [0.1, 0.15) is 0 Å². The molecule has 4 nitrogen and oxygen atoms in total. The zero-order valence-corrected chi connectivity index (χ0v) is 19.2. The Hall–Kier alpha value is -2.66. The lowest BCUT2D eigenvalue weighted by Crippen LogP contribution is -2.36. The largest absolute Gasteiger partial charge is 0.345 e. The summed E-state index contributed by atoms with van der Waals surface area (Å²) in [6.07, 6.45) is 6.68. The van der Waals surface area contributed by atoms with Crippen LogP contribution in [0.3, 0.4) is 0 Å². The Labute approximate surface area is 186 Å². The van der Waals surface area contributed by atoms with Crippen LogP contribution in [-0.2, 0) is 13.1 Å². The predicted octanol–water partition coefficient (Wildman–Crippen LogP) is 5.91. The van der Waals surface area contributed by atoms with Gasteiger partial charge in [-0.25, -0.2) is 4.98 Å². The van der Waals surface area contributed by atoms with Crippen molar-refractivity contribution in [2.75, 3.05) is 11.9 Å². The Morgan fingerprint density at radius 2 is 1.93 bits per heavy atom. The van der Waals surface area contributed by atoms with Crippen LogP contribution >= 0.6 is 12.2 Å². The first-order chi connectivity index (χ1) is 14.5. The number of nitrogens with one attached hydrogen (secondary N) is 1.